The van der Waals surface area contributed by atoms with Crippen LogP contribution in [-0.4, -0.2) is 28.9 Å². The molecule has 1 heterocycles. The van der Waals surface area contributed by atoms with E-state index in [2.05, 4.69) is 0 Å². The number of hydrogen-bond acceptors (Lipinski definition) is 4. The Morgan fingerprint density at radius 2 is 2.00 bits per heavy atom. The second-order valence-electron chi connectivity index (χ2n) is 5.28. The molecule has 0 aromatic rings. The van der Waals surface area contributed by atoms with Crippen LogP contribution in [0.5, 0.6) is 0 Å². The van der Waals surface area contributed by atoms with E-state index in [1.165, 1.54) is 0 Å². The van der Waals surface area contributed by atoms with Gasteiger partial charge in [0.25, 0.3) is 0 Å². The van der Waals surface area contributed by atoms with Gasteiger partial charge in [0, 0.05) is 13.8 Å². The Morgan fingerprint density at radius 1 is 1.41 bits per heavy atom. The minimum Gasteiger partial charge on any atom is -0.481 e. The second-order valence-corrected chi connectivity index (χ2v) is 5.28. The number of carboxylic acids is 1. The number of carbonyl (C=O) groups is 2. The molecule has 0 aliphatic carbocycles. The van der Waals surface area contributed by atoms with E-state index in [4.69, 9.17) is 14.6 Å². The van der Waals surface area contributed by atoms with Crippen LogP contribution in [-0.2, 0) is 19.1 Å². The van der Waals surface area contributed by atoms with Gasteiger partial charge in [-0.1, -0.05) is 20.3 Å². The zero-order valence-corrected chi connectivity index (χ0v) is 10.7. The second kappa shape index (κ2) is 5.04. The molecule has 5 heteroatoms. The standard InChI is InChI=1S/C12H20O5/c1-7(2)5-6-8(10(13)14)9-11(15)17-12(3,4)16-9/h7-9H,5-6H2,1-4H3,(H,13,14)/t8-,9+/m1/s1. The van der Waals surface area contributed by atoms with Crippen LogP contribution in [0.1, 0.15) is 40.5 Å². The third-order valence-corrected chi connectivity index (χ3v) is 2.73. The average Bonchev–Trinajstić information content (AvgIpc) is 2.39. The number of rotatable bonds is 5. The van der Waals surface area contributed by atoms with Crippen LogP contribution in [0.15, 0.2) is 0 Å². The molecule has 1 N–H and O–H groups in total. The van der Waals surface area contributed by atoms with Crippen LogP contribution in [0.2, 0.25) is 0 Å². The molecule has 1 saturated heterocycles. The van der Waals surface area contributed by atoms with Crippen LogP contribution < -0.4 is 0 Å². The van der Waals surface area contributed by atoms with Crippen LogP contribution in [0.3, 0.4) is 0 Å². The van der Waals surface area contributed by atoms with Crippen molar-refractivity contribution in [2.45, 2.75) is 52.4 Å². The van der Waals surface area contributed by atoms with E-state index in [0.717, 1.165) is 6.42 Å². The highest BCUT2D eigenvalue weighted by Gasteiger charge is 2.47. The Balaban J connectivity index is 2.71. The summed E-state index contributed by atoms with van der Waals surface area (Å²) in [6, 6.07) is 0. The van der Waals surface area contributed by atoms with Crippen molar-refractivity contribution in [3.63, 3.8) is 0 Å². The molecule has 1 rings (SSSR count). The van der Waals surface area contributed by atoms with Crippen molar-refractivity contribution in [2.24, 2.45) is 11.8 Å². The van der Waals surface area contributed by atoms with Crippen molar-refractivity contribution in [2.75, 3.05) is 0 Å². The predicted molar refractivity (Wildman–Crippen MR) is 60.2 cm³/mol. The van der Waals surface area contributed by atoms with Gasteiger partial charge in [0.1, 0.15) is 0 Å². The largest absolute Gasteiger partial charge is 0.481 e. The molecule has 0 saturated carbocycles. The van der Waals surface area contributed by atoms with Crippen LogP contribution in [0, 0.1) is 11.8 Å². The minimum atomic E-state index is -1.02. The van der Waals surface area contributed by atoms with E-state index in [1.54, 1.807) is 13.8 Å². The van der Waals surface area contributed by atoms with E-state index >= 15 is 0 Å². The van der Waals surface area contributed by atoms with Crippen molar-refractivity contribution < 1.29 is 24.2 Å². The lowest BCUT2D eigenvalue weighted by atomic mass is 9.93. The highest BCUT2D eigenvalue weighted by molar-refractivity contribution is 5.84. The number of cyclic esters (lactones) is 1. The SMILES string of the molecule is CC(C)CC[C@@H](C(=O)O)[C@@H]1OC(C)(C)OC1=O. The predicted octanol–water partition coefficient (Wildman–Crippen LogP) is 1.80. The Labute approximate surface area is 101 Å². The minimum absolute atomic E-state index is 0.391. The summed E-state index contributed by atoms with van der Waals surface area (Å²) < 4.78 is 10.3. The molecule has 0 radical (unpaired) electrons. The van der Waals surface area contributed by atoms with Crippen molar-refractivity contribution in [1.29, 1.82) is 0 Å². The molecule has 5 nitrogen and oxygen atoms in total. The van der Waals surface area contributed by atoms with E-state index in [0.29, 0.717) is 12.3 Å². The van der Waals surface area contributed by atoms with Gasteiger partial charge in [0.15, 0.2) is 6.10 Å². The van der Waals surface area contributed by atoms with Crippen molar-refractivity contribution in [1.82, 2.24) is 0 Å². The zero-order chi connectivity index (χ0) is 13.2. The monoisotopic (exact) mass is 244 g/mol. The van der Waals surface area contributed by atoms with Crippen LogP contribution in [0.25, 0.3) is 0 Å². The summed E-state index contributed by atoms with van der Waals surface area (Å²) in [4.78, 5) is 22.7. The van der Waals surface area contributed by atoms with Crippen LogP contribution in [0.4, 0.5) is 0 Å². The third-order valence-electron chi connectivity index (χ3n) is 2.73. The molecular formula is C12H20O5. The molecule has 0 amide bonds. The highest BCUT2D eigenvalue weighted by Crippen LogP contribution is 2.30. The lowest BCUT2D eigenvalue weighted by molar-refractivity contribution is -0.163. The van der Waals surface area contributed by atoms with Crippen LogP contribution >= 0.6 is 0 Å². The molecule has 2 atom stereocenters. The molecule has 0 aromatic carbocycles. The van der Waals surface area contributed by atoms with Gasteiger partial charge in [0.05, 0.1) is 5.92 Å². The molecule has 0 aromatic heterocycles. The van der Waals surface area contributed by atoms with Crippen molar-refractivity contribution in [3.8, 4) is 0 Å². The molecule has 1 fully saturated rings. The molecule has 0 spiro atoms. The van der Waals surface area contributed by atoms with E-state index < -0.39 is 29.7 Å². The van der Waals surface area contributed by atoms with Crippen molar-refractivity contribution >= 4 is 11.9 Å². The third kappa shape index (κ3) is 3.70. The van der Waals surface area contributed by atoms with Gasteiger partial charge in [-0.2, -0.15) is 0 Å². The highest BCUT2D eigenvalue weighted by atomic mass is 16.8. The topological polar surface area (TPSA) is 72.8 Å². The number of hydrogen-bond donors (Lipinski definition) is 1. The summed E-state index contributed by atoms with van der Waals surface area (Å²) in [6.45, 7) is 7.23. The van der Waals surface area contributed by atoms with Gasteiger partial charge >= 0.3 is 11.9 Å². The molecule has 0 bridgehead atoms. The number of aliphatic carboxylic acids is 1. The molecule has 1 aliphatic heterocycles. The summed E-state index contributed by atoms with van der Waals surface area (Å²) in [7, 11) is 0. The molecular weight excluding hydrogens is 224 g/mol. The lowest BCUT2D eigenvalue weighted by Gasteiger charge is -2.19. The number of carboxylic acid groups (broad SMARTS) is 1. The fourth-order valence-electron chi connectivity index (χ4n) is 1.84. The fourth-order valence-corrected chi connectivity index (χ4v) is 1.84. The Hall–Kier alpha value is -1.10. The molecule has 0 unspecified atom stereocenters. The first-order valence-electron chi connectivity index (χ1n) is 5.86. The Morgan fingerprint density at radius 3 is 2.35 bits per heavy atom. The Bertz CT molecular complexity index is 308. The first-order valence-corrected chi connectivity index (χ1v) is 5.86. The summed E-state index contributed by atoms with van der Waals surface area (Å²) in [5.41, 5.74) is 0. The molecule has 98 valence electrons. The summed E-state index contributed by atoms with van der Waals surface area (Å²) in [6.07, 6.45) is 0.175. The Kier molecular flexibility index (Phi) is 4.14. The maximum Gasteiger partial charge on any atom is 0.338 e. The van der Waals surface area contributed by atoms with Gasteiger partial charge in [0.2, 0.25) is 5.79 Å². The maximum atomic E-state index is 11.6. The maximum absolute atomic E-state index is 11.6. The van der Waals surface area contributed by atoms with E-state index in [-0.39, 0.29) is 0 Å². The summed E-state index contributed by atoms with van der Waals surface area (Å²) >= 11 is 0. The van der Waals surface area contributed by atoms with Gasteiger partial charge in [-0.25, -0.2) is 4.79 Å². The molecule has 17 heavy (non-hydrogen) atoms. The normalized spacial score (nSPS) is 24.8. The van der Waals surface area contributed by atoms with Crippen molar-refractivity contribution in [3.05, 3.63) is 0 Å². The quantitative estimate of drug-likeness (QED) is 0.746. The van der Waals surface area contributed by atoms with E-state index in [9.17, 15) is 9.59 Å². The average molecular weight is 244 g/mol. The van der Waals surface area contributed by atoms with E-state index in [1.807, 2.05) is 13.8 Å². The van der Waals surface area contributed by atoms with Gasteiger partial charge < -0.3 is 14.6 Å². The van der Waals surface area contributed by atoms with Gasteiger partial charge in [-0.05, 0) is 12.3 Å². The smallest absolute Gasteiger partial charge is 0.338 e. The number of ether oxygens (including phenoxy) is 2. The molecule has 1 aliphatic rings. The fraction of sp³-hybridized carbons (Fsp3) is 0.833. The summed E-state index contributed by atoms with van der Waals surface area (Å²) in [5.74, 6) is -3.04. The first-order chi connectivity index (χ1) is 7.73. The number of carbonyl (C=O) groups excluding carboxylic acids is 1. The first kappa shape index (κ1) is 14.0. The summed E-state index contributed by atoms with van der Waals surface area (Å²) in [5, 5.41) is 9.15. The zero-order valence-electron chi connectivity index (χ0n) is 10.7. The number of esters is 1. The van der Waals surface area contributed by atoms with Gasteiger partial charge in [-0.15, -0.1) is 0 Å². The van der Waals surface area contributed by atoms with Gasteiger partial charge in [-0.3, -0.25) is 4.79 Å². The lowest BCUT2D eigenvalue weighted by Crippen LogP contribution is -2.34.